The first kappa shape index (κ1) is 20.4. The van der Waals surface area contributed by atoms with Crippen LogP contribution in [0.5, 0.6) is 0 Å². The monoisotopic (exact) mass is 428 g/mol. The molecule has 7 heteroatoms. The minimum absolute atomic E-state index is 0.138. The van der Waals surface area contributed by atoms with E-state index in [0.717, 1.165) is 37.0 Å². The van der Waals surface area contributed by atoms with Crippen molar-refractivity contribution in [2.75, 3.05) is 13.1 Å². The van der Waals surface area contributed by atoms with Gasteiger partial charge in [-0.3, -0.25) is 14.5 Å². The lowest BCUT2D eigenvalue weighted by Crippen LogP contribution is -2.42. The van der Waals surface area contributed by atoms with Gasteiger partial charge in [0.2, 0.25) is 5.91 Å². The van der Waals surface area contributed by atoms with Crippen LogP contribution >= 0.6 is 0 Å². The molecule has 5 rings (SSSR count). The van der Waals surface area contributed by atoms with E-state index < -0.39 is 0 Å². The number of amides is 1. The maximum Gasteiger partial charge on any atom is 0.227 e. The average molecular weight is 429 g/mol. The zero-order valence-electron chi connectivity index (χ0n) is 18.5. The summed E-state index contributed by atoms with van der Waals surface area (Å²) in [5.74, 6) is 0.310. The highest BCUT2D eigenvalue weighted by molar-refractivity contribution is 5.98. The van der Waals surface area contributed by atoms with Gasteiger partial charge in [0.15, 0.2) is 0 Å². The number of benzene rings is 1. The van der Waals surface area contributed by atoms with E-state index in [4.69, 9.17) is 0 Å². The molecule has 1 N–H and O–H groups in total. The third-order valence-electron chi connectivity index (χ3n) is 6.44. The Kier molecular flexibility index (Phi) is 5.47. The second-order valence-electron chi connectivity index (χ2n) is 8.84. The second kappa shape index (κ2) is 8.57. The summed E-state index contributed by atoms with van der Waals surface area (Å²) in [4.78, 5) is 27.1. The maximum atomic E-state index is 13.2. The number of fused-ring (bicyclic) bond motifs is 1. The molecular weight excluding hydrogens is 400 g/mol. The number of hydrogen-bond donors (Lipinski definition) is 1. The highest BCUT2D eigenvalue weighted by Gasteiger charge is 2.30. The van der Waals surface area contributed by atoms with Crippen LogP contribution in [0.15, 0.2) is 55.4 Å². The van der Waals surface area contributed by atoms with Crippen LogP contribution in [0.3, 0.4) is 0 Å². The molecule has 0 bridgehead atoms. The first-order chi connectivity index (χ1) is 15.6. The van der Waals surface area contributed by atoms with E-state index in [-0.39, 0.29) is 17.7 Å². The first-order valence-electron chi connectivity index (χ1n) is 11.2. The van der Waals surface area contributed by atoms with Crippen molar-refractivity contribution < 1.29 is 4.79 Å². The molecule has 1 aliphatic rings. The third-order valence-corrected chi connectivity index (χ3v) is 6.44. The van der Waals surface area contributed by atoms with E-state index in [1.54, 1.807) is 11.0 Å². The summed E-state index contributed by atoms with van der Waals surface area (Å²) in [5, 5.41) is 5.38. The lowest BCUT2D eigenvalue weighted by Gasteiger charge is -2.34. The van der Waals surface area contributed by atoms with Crippen LogP contribution < -0.4 is 0 Å². The molecule has 164 valence electrons. The normalized spacial score (nSPS) is 17.6. The minimum Gasteiger partial charge on any atom is -0.358 e. The Morgan fingerprint density at radius 2 is 2.06 bits per heavy atom. The Morgan fingerprint density at radius 1 is 1.22 bits per heavy atom. The Bertz CT molecular complexity index is 1210. The van der Waals surface area contributed by atoms with Crippen molar-refractivity contribution in [1.29, 1.82) is 0 Å². The van der Waals surface area contributed by atoms with Gasteiger partial charge in [-0.05, 0) is 49.6 Å². The number of hydrogen-bond acceptors (Lipinski definition) is 4. The van der Waals surface area contributed by atoms with Gasteiger partial charge in [-0.15, -0.1) is 0 Å². The standard InChI is InChI=1S/C25H28N6O/c1-17-5-6-22-21(12-17)23(19-7-9-26-10-8-19)24(29-22)20-4-3-11-30(14-20)25(32)18(2)13-31-16-27-15-28-31/h5-10,12,15-16,18,20,29H,3-4,11,13-14H2,1-2H3/t18-,20+/m0/s1. The number of H-pyrrole nitrogens is 1. The number of aryl methyl sites for hydroxylation is 1. The summed E-state index contributed by atoms with van der Waals surface area (Å²) in [7, 11) is 0. The zero-order chi connectivity index (χ0) is 22.1. The largest absolute Gasteiger partial charge is 0.358 e. The molecule has 4 heterocycles. The molecule has 1 aromatic carbocycles. The number of carbonyl (C=O) groups excluding carboxylic acids is 1. The predicted molar refractivity (Wildman–Crippen MR) is 124 cm³/mol. The van der Waals surface area contributed by atoms with Gasteiger partial charge in [0.25, 0.3) is 0 Å². The molecular formula is C25H28N6O. The molecule has 3 aromatic heterocycles. The number of nitrogens with zero attached hydrogens (tertiary/aromatic N) is 5. The quantitative estimate of drug-likeness (QED) is 0.517. The zero-order valence-corrected chi connectivity index (χ0v) is 18.5. The van der Waals surface area contributed by atoms with E-state index in [0.29, 0.717) is 6.54 Å². The van der Waals surface area contributed by atoms with Crippen molar-refractivity contribution >= 4 is 16.8 Å². The van der Waals surface area contributed by atoms with Crippen LogP contribution in [-0.4, -0.2) is 48.6 Å². The summed E-state index contributed by atoms with van der Waals surface area (Å²) < 4.78 is 1.73. The van der Waals surface area contributed by atoms with Gasteiger partial charge >= 0.3 is 0 Å². The number of carbonyl (C=O) groups is 1. The second-order valence-corrected chi connectivity index (χ2v) is 8.84. The van der Waals surface area contributed by atoms with Gasteiger partial charge in [0.1, 0.15) is 12.7 Å². The Labute approximate surface area is 187 Å². The molecule has 0 saturated carbocycles. The van der Waals surface area contributed by atoms with Crippen molar-refractivity contribution in [3.63, 3.8) is 0 Å². The molecule has 0 unspecified atom stereocenters. The average Bonchev–Trinajstić information content (AvgIpc) is 3.46. The summed E-state index contributed by atoms with van der Waals surface area (Å²) in [5.41, 5.74) is 6.00. The smallest absolute Gasteiger partial charge is 0.227 e. The number of likely N-dealkylation sites (tertiary alicyclic amines) is 1. The molecule has 32 heavy (non-hydrogen) atoms. The summed E-state index contributed by atoms with van der Waals surface area (Å²) in [6, 6.07) is 10.7. The molecule has 4 aromatic rings. The lowest BCUT2D eigenvalue weighted by atomic mass is 9.89. The van der Waals surface area contributed by atoms with Gasteiger partial charge in [0.05, 0.1) is 12.5 Å². The molecule has 0 aliphatic carbocycles. The van der Waals surface area contributed by atoms with Crippen LogP contribution in [0.4, 0.5) is 0 Å². The summed E-state index contributed by atoms with van der Waals surface area (Å²) in [6.45, 7) is 6.18. The van der Waals surface area contributed by atoms with E-state index in [2.05, 4.69) is 57.3 Å². The fraction of sp³-hybridized carbons (Fsp3) is 0.360. The van der Waals surface area contributed by atoms with Crippen LogP contribution in [0.2, 0.25) is 0 Å². The van der Waals surface area contributed by atoms with Crippen molar-refractivity contribution in [1.82, 2.24) is 29.6 Å². The molecule has 0 spiro atoms. The van der Waals surface area contributed by atoms with Crippen molar-refractivity contribution in [2.45, 2.75) is 39.2 Å². The van der Waals surface area contributed by atoms with Crippen LogP contribution in [0.1, 0.15) is 36.9 Å². The van der Waals surface area contributed by atoms with E-state index in [1.165, 1.54) is 28.5 Å². The Morgan fingerprint density at radius 3 is 2.84 bits per heavy atom. The Hall–Kier alpha value is -3.48. The number of aromatic amines is 1. The molecule has 7 nitrogen and oxygen atoms in total. The predicted octanol–water partition coefficient (Wildman–Crippen LogP) is 4.17. The van der Waals surface area contributed by atoms with Gasteiger partial charge in [-0.25, -0.2) is 4.98 Å². The number of piperidine rings is 1. The van der Waals surface area contributed by atoms with Gasteiger partial charge in [-0.2, -0.15) is 5.10 Å². The highest BCUT2D eigenvalue weighted by Crippen LogP contribution is 2.39. The van der Waals surface area contributed by atoms with E-state index in [9.17, 15) is 4.79 Å². The molecule has 1 saturated heterocycles. The first-order valence-corrected chi connectivity index (χ1v) is 11.2. The summed E-state index contributed by atoms with van der Waals surface area (Å²) >= 11 is 0. The number of aromatic nitrogens is 5. The van der Waals surface area contributed by atoms with Crippen molar-refractivity contribution in [3.8, 4) is 11.1 Å². The summed E-state index contributed by atoms with van der Waals surface area (Å²) in [6.07, 6.45) is 8.91. The highest BCUT2D eigenvalue weighted by atomic mass is 16.2. The number of rotatable bonds is 5. The van der Waals surface area contributed by atoms with Crippen LogP contribution in [-0.2, 0) is 11.3 Å². The number of pyridine rings is 1. The van der Waals surface area contributed by atoms with Gasteiger partial charge in [0, 0.05) is 53.6 Å². The van der Waals surface area contributed by atoms with Gasteiger partial charge < -0.3 is 9.88 Å². The fourth-order valence-electron chi connectivity index (χ4n) is 4.87. The minimum atomic E-state index is -0.138. The lowest BCUT2D eigenvalue weighted by molar-refractivity contribution is -0.136. The molecule has 0 radical (unpaired) electrons. The molecule has 1 aliphatic heterocycles. The van der Waals surface area contributed by atoms with Gasteiger partial charge in [-0.1, -0.05) is 18.6 Å². The van der Waals surface area contributed by atoms with E-state index >= 15 is 0 Å². The molecule has 1 amide bonds. The number of nitrogens with one attached hydrogen (secondary N) is 1. The van der Waals surface area contributed by atoms with Crippen LogP contribution in [0.25, 0.3) is 22.0 Å². The molecule has 1 fully saturated rings. The maximum absolute atomic E-state index is 13.2. The topological polar surface area (TPSA) is 79.7 Å². The van der Waals surface area contributed by atoms with Crippen molar-refractivity contribution in [2.24, 2.45) is 5.92 Å². The third kappa shape index (κ3) is 3.90. The SMILES string of the molecule is Cc1ccc2[nH]c([C@@H]3CCCN(C(=O)[C@@H](C)Cn4cncn4)C3)c(-c3ccncc3)c2c1. The van der Waals surface area contributed by atoms with Crippen molar-refractivity contribution in [3.05, 3.63) is 66.6 Å². The van der Waals surface area contributed by atoms with E-state index in [1.807, 2.05) is 24.2 Å². The Balaban J connectivity index is 1.45. The molecule has 2 atom stereocenters. The fourth-order valence-corrected chi connectivity index (χ4v) is 4.87. The van der Waals surface area contributed by atoms with Crippen LogP contribution in [0, 0.1) is 12.8 Å².